The van der Waals surface area contributed by atoms with Crippen molar-refractivity contribution in [1.82, 2.24) is 29.9 Å². The number of carbonyl (C=O) groups excluding carboxylic acids is 4. The highest BCUT2D eigenvalue weighted by molar-refractivity contribution is 7.91. The predicted octanol–water partition coefficient (Wildman–Crippen LogP) is 9.10. The number of nitrogens with one attached hydrogen (secondary N) is 3. The van der Waals surface area contributed by atoms with Crippen molar-refractivity contribution in [3.63, 3.8) is 0 Å². The van der Waals surface area contributed by atoms with Gasteiger partial charge in [0.25, 0.3) is 11.9 Å². The van der Waals surface area contributed by atoms with Crippen LogP contribution in [0.2, 0.25) is 0 Å². The van der Waals surface area contributed by atoms with E-state index in [1.165, 1.54) is 23.5 Å². The molecule has 8 rings (SSSR count). The number of para-hydroxylation sites is 1. The first kappa shape index (κ1) is 48.2. The van der Waals surface area contributed by atoms with Crippen molar-refractivity contribution in [3.05, 3.63) is 65.6 Å². The fraction of sp³-hybridized carbons (Fsp3) is 0.551. The van der Waals surface area contributed by atoms with Crippen molar-refractivity contribution in [1.29, 1.82) is 0 Å². The normalized spacial score (nSPS) is 25.7. The van der Waals surface area contributed by atoms with Gasteiger partial charge in [-0.25, -0.2) is 27.0 Å². The van der Waals surface area contributed by atoms with Gasteiger partial charge in [0.15, 0.2) is 5.78 Å². The maximum Gasteiger partial charge on any atom is 0.408 e. The van der Waals surface area contributed by atoms with E-state index in [-0.39, 0.29) is 55.5 Å². The Morgan fingerprint density at radius 3 is 2.45 bits per heavy atom. The number of imidazole rings is 1. The molecule has 3 aliphatic carbocycles. The zero-order valence-corrected chi connectivity index (χ0v) is 40.5. The number of sulfonamides is 1. The number of aromatic nitrogens is 3. The van der Waals surface area contributed by atoms with Crippen LogP contribution >= 0.6 is 11.3 Å². The maximum atomic E-state index is 14.8. The smallest absolute Gasteiger partial charge is 0.408 e. The highest BCUT2D eigenvalue weighted by atomic mass is 32.2. The van der Waals surface area contributed by atoms with Gasteiger partial charge in [0, 0.05) is 46.4 Å². The Kier molecular flexibility index (Phi) is 13.5. The molecule has 4 aliphatic rings. The average molecular weight is 963 g/mol. The number of carbonyl (C=O) groups is 4. The van der Waals surface area contributed by atoms with E-state index >= 15 is 0 Å². The summed E-state index contributed by atoms with van der Waals surface area (Å²) in [6, 6.07) is 8.17. The molecule has 2 aromatic carbocycles. The zero-order valence-electron chi connectivity index (χ0n) is 38.8. The SMILES string of the molecule is CC(C)n1c(OC2CC3CCC(C2)C(=O)C(NC(=O)OC(C)(C)C)CCCCCC=CC2CC2(C(=O)NS(=O)(=O)C2(C)CC2)NC3=O)nc2c(-c3nc(-c4ccc(F)cc4F)cs3)cccc21. The Hall–Kier alpha value is -5.23. The van der Waals surface area contributed by atoms with Gasteiger partial charge < -0.3 is 20.1 Å². The quantitative estimate of drug-likeness (QED) is 0.137. The summed E-state index contributed by atoms with van der Waals surface area (Å²) in [5, 5.41) is 8.12. The molecule has 3 saturated carbocycles. The number of amides is 3. The van der Waals surface area contributed by atoms with Crippen LogP contribution in [0.1, 0.15) is 125 Å². The van der Waals surface area contributed by atoms with Crippen molar-refractivity contribution < 1.29 is 45.9 Å². The summed E-state index contributed by atoms with van der Waals surface area (Å²) >= 11 is 1.29. The second-order valence-corrected chi connectivity index (χ2v) is 23.3. The van der Waals surface area contributed by atoms with Gasteiger partial charge in [-0.15, -0.1) is 11.3 Å². The maximum absolute atomic E-state index is 14.8. The largest absolute Gasteiger partial charge is 0.461 e. The summed E-state index contributed by atoms with van der Waals surface area (Å²) in [4.78, 5) is 66.3. The van der Waals surface area contributed by atoms with Crippen LogP contribution in [0.4, 0.5) is 13.6 Å². The first-order chi connectivity index (χ1) is 31.7. The van der Waals surface area contributed by atoms with E-state index in [9.17, 15) is 36.4 Å². The van der Waals surface area contributed by atoms with E-state index < -0.39 is 85.4 Å². The number of ether oxygens (including phenoxy) is 2. The molecule has 0 radical (unpaired) electrons. The molecule has 360 valence electrons. The molecule has 6 unspecified atom stereocenters. The summed E-state index contributed by atoms with van der Waals surface area (Å²) in [6.07, 6.45) is 7.57. The number of hydrogen-bond donors (Lipinski definition) is 3. The molecule has 4 aromatic rings. The number of fused-ring (bicyclic) bond motifs is 5. The first-order valence-corrected chi connectivity index (χ1v) is 25.7. The van der Waals surface area contributed by atoms with Gasteiger partial charge in [-0.1, -0.05) is 31.1 Å². The highest BCUT2D eigenvalue weighted by Gasteiger charge is 2.62. The third kappa shape index (κ3) is 10.4. The lowest BCUT2D eigenvalue weighted by Crippen LogP contribution is -2.54. The third-order valence-corrected chi connectivity index (χ3v) is 16.5. The lowest BCUT2D eigenvalue weighted by Gasteiger charge is -2.27. The minimum atomic E-state index is -4.00. The Bertz CT molecular complexity index is 2710. The molecule has 2 bridgehead atoms. The van der Waals surface area contributed by atoms with Crippen LogP contribution in [0.3, 0.4) is 0 Å². The number of alkyl carbamates (subject to hydrolysis) is 1. The van der Waals surface area contributed by atoms with Gasteiger partial charge >= 0.3 is 6.09 Å². The summed E-state index contributed by atoms with van der Waals surface area (Å²) in [6.45, 7) is 10.8. The van der Waals surface area contributed by atoms with Crippen LogP contribution in [0, 0.1) is 29.4 Å². The minimum absolute atomic E-state index is 0.140. The molecule has 1 aliphatic heterocycles. The Morgan fingerprint density at radius 1 is 0.985 bits per heavy atom. The number of benzene rings is 2. The van der Waals surface area contributed by atoms with Crippen molar-refractivity contribution in [2.45, 2.75) is 153 Å². The zero-order chi connectivity index (χ0) is 48.1. The van der Waals surface area contributed by atoms with Crippen LogP contribution in [0.25, 0.3) is 32.9 Å². The molecule has 3 fully saturated rings. The second-order valence-electron chi connectivity index (χ2n) is 20.2. The van der Waals surface area contributed by atoms with Gasteiger partial charge in [0.05, 0.1) is 22.0 Å². The number of ketones is 1. The third-order valence-electron chi connectivity index (χ3n) is 13.5. The molecule has 2 aromatic heterocycles. The molecular weight excluding hydrogens is 903 g/mol. The molecule has 6 atom stereocenters. The monoisotopic (exact) mass is 962 g/mol. The van der Waals surface area contributed by atoms with E-state index in [1.807, 2.05) is 48.8 Å². The number of rotatable bonds is 9. The van der Waals surface area contributed by atoms with Gasteiger partial charge in [0.2, 0.25) is 15.9 Å². The van der Waals surface area contributed by atoms with Gasteiger partial charge in [-0.05, 0) is 130 Å². The van der Waals surface area contributed by atoms with E-state index in [0.717, 1.165) is 24.4 Å². The number of Topliss-reactive ketones (excluding diaryl/α,β-unsaturated/α-hetero) is 1. The molecule has 14 nitrogen and oxygen atoms in total. The van der Waals surface area contributed by atoms with E-state index in [4.69, 9.17) is 19.4 Å². The summed E-state index contributed by atoms with van der Waals surface area (Å²) in [5.41, 5.74) is 0.176. The first-order valence-electron chi connectivity index (χ1n) is 23.3. The molecule has 0 spiro atoms. The van der Waals surface area contributed by atoms with Crippen LogP contribution in [0.5, 0.6) is 6.01 Å². The fourth-order valence-electron chi connectivity index (χ4n) is 9.33. The lowest BCUT2D eigenvalue weighted by atomic mass is 9.88. The van der Waals surface area contributed by atoms with Crippen molar-refractivity contribution in [2.75, 3.05) is 0 Å². The Labute approximate surface area is 394 Å². The lowest BCUT2D eigenvalue weighted by molar-refractivity contribution is -0.132. The van der Waals surface area contributed by atoms with Gasteiger partial charge in [0.1, 0.15) is 39.4 Å². The number of allylic oxidation sites excluding steroid dienone is 1. The van der Waals surface area contributed by atoms with Crippen molar-refractivity contribution >= 4 is 56.1 Å². The molecule has 3 N–H and O–H groups in total. The molecule has 0 saturated heterocycles. The van der Waals surface area contributed by atoms with E-state index in [1.54, 1.807) is 33.1 Å². The Balaban J connectivity index is 1.13. The number of halogens is 2. The standard InChI is InChI=1S/C49H60F2N6O8S2/c1-28(2)57-39-16-12-14-35(43-52-38(27-66-43)34-20-19-32(50)25-36(34)51)40(39)54-45(57)64-33-23-29-17-18-30(24-33)42(59)55-49(44(60)56-67(62,63)48(6)21-22-48)26-31(49)13-10-8-7-9-11-15-37(41(29)58)53-46(61)65-47(3,4)5/h10,12-14,16,19-20,25,27-31,33,37H,7-9,11,15,17-18,21-24,26H2,1-6H3,(H,53,61)(H,55,59)(H,56,60). The van der Waals surface area contributed by atoms with Gasteiger partial charge in [-0.2, -0.15) is 4.98 Å². The summed E-state index contributed by atoms with van der Waals surface area (Å²) < 4.78 is 70.8. The topological polar surface area (TPSA) is 188 Å². The van der Waals surface area contributed by atoms with Crippen LogP contribution in [-0.2, 0) is 29.1 Å². The molecule has 67 heavy (non-hydrogen) atoms. The molecule has 18 heteroatoms. The average Bonchev–Trinajstić information content (AvgIpc) is 4.08. The predicted molar refractivity (Wildman–Crippen MR) is 251 cm³/mol. The molecule has 3 heterocycles. The van der Waals surface area contributed by atoms with Crippen molar-refractivity contribution in [3.8, 4) is 27.8 Å². The number of nitrogens with zero attached hydrogens (tertiary/aromatic N) is 3. The number of hydrogen-bond acceptors (Lipinski definition) is 11. The van der Waals surface area contributed by atoms with Crippen LogP contribution < -0.4 is 20.1 Å². The summed E-state index contributed by atoms with van der Waals surface area (Å²) in [5.74, 6) is -4.66. The van der Waals surface area contributed by atoms with Crippen LogP contribution in [0.15, 0.2) is 53.9 Å². The van der Waals surface area contributed by atoms with Crippen molar-refractivity contribution in [2.24, 2.45) is 17.8 Å². The van der Waals surface area contributed by atoms with E-state index in [2.05, 4.69) is 15.4 Å². The summed E-state index contributed by atoms with van der Waals surface area (Å²) in [7, 11) is -4.00. The second kappa shape index (κ2) is 18.7. The molecule has 3 amide bonds. The minimum Gasteiger partial charge on any atom is -0.461 e. The fourth-order valence-corrected chi connectivity index (χ4v) is 11.5. The van der Waals surface area contributed by atoms with Gasteiger partial charge in [-0.3, -0.25) is 23.7 Å². The Morgan fingerprint density at radius 2 is 1.73 bits per heavy atom. The highest BCUT2D eigenvalue weighted by Crippen LogP contribution is 2.48. The van der Waals surface area contributed by atoms with E-state index in [0.29, 0.717) is 53.9 Å². The number of thiazole rings is 1. The van der Waals surface area contributed by atoms with Crippen LogP contribution in [-0.4, -0.2) is 74.7 Å². The molecular formula is C49H60F2N6O8S2.